The maximum Gasteiger partial charge on any atom is 0.0866 e. The van der Waals surface area contributed by atoms with Crippen LogP contribution in [0.25, 0.3) is 0 Å². The normalized spacial score (nSPS) is 15.6. The van der Waals surface area contributed by atoms with Crippen LogP contribution in [0.1, 0.15) is 27.7 Å². The summed E-state index contributed by atoms with van der Waals surface area (Å²) in [5.74, 6) is 0. The van der Waals surface area contributed by atoms with Gasteiger partial charge in [0, 0.05) is 26.2 Å². The number of nitriles is 1. The number of nitrogens with one attached hydrogen (secondary N) is 1. The van der Waals surface area contributed by atoms with Gasteiger partial charge in [0.15, 0.2) is 0 Å². The third-order valence-corrected chi connectivity index (χ3v) is 1.50. The van der Waals surface area contributed by atoms with Gasteiger partial charge < -0.3 is 5.32 Å². The first-order valence-corrected chi connectivity index (χ1v) is 5.23. The molecule has 1 saturated heterocycles. The molecule has 1 aliphatic heterocycles. The molecule has 3 heteroatoms. The molecule has 13 heavy (non-hydrogen) atoms. The smallest absolute Gasteiger partial charge is 0.0866 e. The van der Waals surface area contributed by atoms with Gasteiger partial charge in [-0.05, 0) is 0 Å². The Morgan fingerprint density at radius 2 is 1.62 bits per heavy atom. The molecule has 0 aromatic heterocycles. The predicted molar refractivity (Wildman–Crippen MR) is 57.6 cm³/mol. The predicted octanol–water partition coefficient (Wildman–Crippen LogP) is 1.47. The first-order chi connectivity index (χ1) is 6.43. The molecule has 0 spiro atoms. The van der Waals surface area contributed by atoms with E-state index in [1.807, 2.05) is 27.7 Å². The van der Waals surface area contributed by atoms with E-state index in [1.165, 1.54) is 0 Å². The van der Waals surface area contributed by atoms with Crippen LogP contribution in [-0.2, 0) is 0 Å². The molecule has 0 aliphatic carbocycles. The highest BCUT2D eigenvalue weighted by Gasteiger charge is 2.06. The van der Waals surface area contributed by atoms with Gasteiger partial charge in [0.1, 0.15) is 0 Å². The molecule has 0 saturated carbocycles. The van der Waals surface area contributed by atoms with Crippen molar-refractivity contribution in [3.63, 3.8) is 0 Å². The third-order valence-electron chi connectivity index (χ3n) is 1.50. The Morgan fingerprint density at radius 3 is 2.00 bits per heavy atom. The van der Waals surface area contributed by atoms with E-state index in [-0.39, 0.29) is 0 Å². The van der Waals surface area contributed by atoms with Gasteiger partial charge in [0.05, 0.1) is 12.6 Å². The number of rotatable bonds is 1. The van der Waals surface area contributed by atoms with E-state index in [0.717, 1.165) is 26.2 Å². The zero-order valence-corrected chi connectivity index (χ0v) is 9.43. The van der Waals surface area contributed by atoms with Crippen LogP contribution in [-0.4, -0.2) is 37.6 Å². The lowest BCUT2D eigenvalue weighted by molar-refractivity contribution is 0.267. The second kappa shape index (κ2) is 14.0. The number of hydrogen-bond donors (Lipinski definition) is 1. The van der Waals surface area contributed by atoms with Gasteiger partial charge in [-0.25, -0.2) is 0 Å². The van der Waals surface area contributed by atoms with Gasteiger partial charge in [-0.2, -0.15) is 5.26 Å². The fourth-order valence-corrected chi connectivity index (χ4v) is 0.969. The van der Waals surface area contributed by atoms with Gasteiger partial charge in [-0.1, -0.05) is 27.7 Å². The van der Waals surface area contributed by atoms with Gasteiger partial charge in [0.25, 0.3) is 0 Å². The molecule has 1 fully saturated rings. The Balaban J connectivity index is 0. The zero-order chi connectivity index (χ0) is 10.5. The first-order valence-electron chi connectivity index (χ1n) is 5.23. The Kier molecular flexibility index (Phi) is 16.0. The Bertz CT molecular complexity index is 112. The minimum Gasteiger partial charge on any atom is -0.314 e. The van der Waals surface area contributed by atoms with Crippen molar-refractivity contribution in [1.29, 1.82) is 5.26 Å². The van der Waals surface area contributed by atoms with Crippen LogP contribution in [0, 0.1) is 11.3 Å². The largest absolute Gasteiger partial charge is 0.314 e. The van der Waals surface area contributed by atoms with Crippen LogP contribution in [0.4, 0.5) is 0 Å². The lowest BCUT2D eigenvalue weighted by Crippen LogP contribution is -2.43. The highest BCUT2D eigenvalue weighted by Crippen LogP contribution is 1.88. The monoisotopic (exact) mass is 185 g/mol. The summed E-state index contributed by atoms with van der Waals surface area (Å²) in [5.41, 5.74) is 0. The fourth-order valence-electron chi connectivity index (χ4n) is 0.969. The van der Waals surface area contributed by atoms with Crippen LogP contribution in [0.3, 0.4) is 0 Å². The van der Waals surface area contributed by atoms with Crippen molar-refractivity contribution in [2.75, 3.05) is 32.7 Å². The summed E-state index contributed by atoms with van der Waals surface area (Å²) in [6.07, 6.45) is 0. The van der Waals surface area contributed by atoms with Crippen LogP contribution in [0.5, 0.6) is 0 Å². The summed E-state index contributed by atoms with van der Waals surface area (Å²) in [6, 6.07) is 2.14. The van der Waals surface area contributed by atoms with E-state index >= 15 is 0 Å². The zero-order valence-electron chi connectivity index (χ0n) is 9.43. The van der Waals surface area contributed by atoms with E-state index in [9.17, 15) is 0 Å². The molecule has 0 radical (unpaired) electrons. The second-order valence-corrected chi connectivity index (χ2v) is 2.18. The fraction of sp³-hybridized carbons (Fsp3) is 0.900. The second-order valence-electron chi connectivity index (χ2n) is 2.18. The van der Waals surface area contributed by atoms with Crippen molar-refractivity contribution in [3.8, 4) is 6.07 Å². The van der Waals surface area contributed by atoms with Crippen LogP contribution in [0.15, 0.2) is 0 Å². The molecule has 0 unspecified atom stereocenters. The molecular weight excluding hydrogens is 162 g/mol. The highest BCUT2D eigenvalue weighted by atomic mass is 15.2. The summed E-state index contributed by atoms with van der Waals surface area (Å²) < 4.78 is 0. The van der Waals surface area contributed by atoms with Crippen molar-refractivity contribution in [3.05, 3.63) is 0 Å². The quantitative estimate of drug-likeness (QED) is 0.629. The molecule has 1 rings (SSSR count). The first kappa shape index (κ1) is 14.9. The molecule has 0 aromatic carbocycles. The van der Waals surface area contributed by atoms with Gasteiger partial charge in [-0.3, -0.25) is 4.90 Å². The van der Waals surface area contributed by atoms with Gasteiger partial charge in [-0.15, -0.1) is 0 Å². The lowest BCUT2D eigenvalue weighted by Gasteiger charge is -2.24. The van der Waals surface area contributed by atoms with Crippen molar-refractivity contribution in [1.82, 2.24) is 10.2 Å². The van der Waals surface area contributed by atoms with Crippen molar-refractivity contribution in [2.45, 2.75) is 27.7 Å². The average molecular weight is 185 g/mol. The molecule has 0 atom stereocenters. The summed E-state index contributed by atoms with van der Waals surface area (Å²) in [7, 11) is 0. The summed E-state index contributed by atoms with van der Waals surface area (Å²) in [4.78, 5) is 2.15. The van der Waals surface area contributed by atoms with Crippen molar-refractivity contribution < 1.29 is 0 Å². The topological polar surface area (TPSA) is 39.1 Å². The average Bonchev–Trinajstić information content (AvgIpc) is 2.26. The lowest BCUT2D eigenvalue weighted by atomic mass is 10.4. The van der Waals surface area contributed by atoms with E-state index in [4.69, 9.17) is 5.26 Å². The van der Waals surface area contributed by atoms with Gasteiger partial charge in [0.2, 0.25) is 0 Å². The molecular formula is C10H23N3. The Labute approximate surface area is 82.7 Å². The maximum absolute atomic E-state index is 8.31. The maximum atomic E-state index is 8.31. The van der Waals surface area contributed by atoms with Gasteiger partial charge >= 0.3 is 0 Å². The molecule has 0 aromatic rings. The minimum atomic E-state index is 0.585. The van der Waals surface area contributed by atoms with Crippen molar-refractivity contribution >= 4 is 0 Å². The third kappa shape index (κ3) is 9.32. The molecule has 1 N–H and O–H groups in total. The highest BCUT2D eigenvalue weighted by molar-refractivity contribution is 4.79. The summed E-state index contributed by atoms with van der Waals surface area (Å²) in [6.45, 7) is 12.7. The molecule has 3 nitrogen and oxygen atoms in total. The van der Waals surface area contributed by atoms with E-state index in [1.54, 1.807) is 0 Å². The van der Waals surface area contributed by atoms with E-state index in [2.05, 4.69) is 16.3 Å². The Hall–Kier alpha value is -0.590. The Morgan fingerprint density at radius 1 is 1.15 bits per heavy atom. The van der Waals surface area contributed by atoms with Crippen molar-refractivity contribution in [2.24, 2.45) is 0 Å². The molecule has 1 heterocycles. The number of hydrogen-bond acceptors (Lipinski definition) is 3. The summed E-state index contributed by atoms with van der Waals surface area (Å²) >= 11 is 0. The SMILES string of the molecule is CC.CC.N#CCN1CCNCC1. The molecule has 78 valence electrons. The molecule has 0 amide bonds. The number of piperazine rings is 1. The minimum absolute atomic E-state index is 0.585. The van der Waals surface area contributed by atoms with E-state index in [0.29, 0.717) is 6.54 Å². The van der Waals surface area contributed by atoms with Crippen LogP contribution >= 0.6 is 0 Å². The van der Waals surface area contributed by atoms with E-state index < -0.39 is 0 Å². The molecule has 0 bridgehead atoms. The molecule has 1 aliphatic rings. The van der Waals surface area contributed by atoms with Crippen LogP contribution < -0.4 is 5.32 Å². The number of nitrogens with zero attached hydrogens (tertiary/aromatic N) is 2. The standard InChI is InChI=1S/C6H11N3.2C2H6/c7-1-4-9-5-2-8-3-6-9;2*1-2/h8H,2-6H2;2*1-2H3. The van der Waals surface area contributed by atoms with Crippen LogP contribution in [0.2, 0.25) is 0 Å². The summed E-state index contributed by atoms with van der Waals surface area (Å²) in [5, 5.41) is 11.5.